The maximum atomic E-state index is 11.1. The number of hydrogen-bond acceptors (Lipinski definition) is 5. The highest BCUT2D eigenvalue weighted by Crippen LogP contribution is 2.20. The van der Waals surface area contributed by atoms with E-state index < -0.39 is 0 Å². The first-order valence-corrected chi connectivity index (χ1v) is 9.37. The van der Waals surface area contributed by atoms with Crippen molar-refractivity contribution in [2.45, 2.75) is 33.0 Å². The molecule has 28 heavy (non-hydrogen) atoms. The first kappa shape index (κ1) is 20.0. The van der Waals surface area contributed by atoms with Gasteiger partial charge in [0.25, 0.3) is 0 Å². The van der Waals surface area contributed by atoms with E-state index in [0.717, 1.165) is 48.7 Å². The summed E-state index contributed by atoms with van der Waals surface area (Å²) in [6.45, 7) is 6.13. The normalized spacial score (nSPS) is 15.5. The highest BCUT2D eigenvalue weighted by Gasteiger charge is 2.27. The Morgan fingerprint density at radius 1 is 0.821 bits per heavy atom. The maximum absolute atomic E-state index is 11.1. The number of carbonyl (C=O) groups excluding carboxylic acids is 2. The van der Waals surface area contributed by atoms with E-state index in [9.17, 15) is 9.59 Å². The van der Waals surface area contributed by atoms with E-state index in [1.807, 2.05) is 48.5 Å². The fourth-order valence-corrected chi connectivity index (χ4v) is 3.37. The number of anilines is 2. The van der Waals surface area contributed by atoms with Gasteiger partial charge in [-0.2, -0.15) is 0 Å². The summed E-state index contributed by atoms with van der Waals surface area (Å²) in [5.41, 5.74) is 10.1. The van der Waals surface area contributed by atoms with Crippen molar-refractivity contribution in [3.8, 4) is 0 Å². The number of carbonyl (C=O) groups is 2. The van der Waals surface area contributed by atoms with E-state index in [1.54, 1.807) is 0 Å². The molecule has 2 aromatic carbocycles. The summed E-state index contributed by atoms with van der Waals surface area (Å²) in [4.78, 5) is 22.3. The summed E-state index contributed by atoms with van der Waals surface area (Å²) >= 11 is 0. The number of amides is 2. The lowest BCUT2D eigenvalue weighted by Crippen LogP contribution is -2.35. The number of hydrogen-bond donors (Lipinski definition) is 3. The molecule has 2 amide bonds. The molecule has 1 heterocycles. The van der Waals surface area contributed by atoms with Crippen molar-refractivity contribution in [1.82, 2.24) is 10.0 Å². The standard InChI is InChI=1S/C21H27N5O2/c1-15(27)23-20-7-3-17(4-8-20)11-25-13-19(22)14-26(25)12-18-5-9-21(10-6-18)24-16(2)28/h3-10,19H,11-14,22H2,1-2H3,(H,23,27)(H,24,28). The SMILES string of the molecule is CC(=O)Nc1ccc(CN2CC(N)CN2Cc2ccc(NC(C)=O)cc2)cc1. The van der Waals surface area contributed by atoms with E-state index in [0.29, 0.717) is 0 Å². The summed E-state index contributed by atoms with van der Waals surface area (Å²) in [6.07, 6.45) is 0. The summed E-state index contributed by atoms with van der Waals surface area (Å²) in [6, 6.07) is 15.9. The van der Waals surface area contributed by atoms with Crippen molar-refractivity contribution in [3.05, 3.63) is 59.7 Å². The second kappa shape index (κ2) is 8.97. The van der Waals surface area contributed by atoms with Crippen LogP contribution in [0.5, 0.6) is 0 Å². The molecule has 0 saturated carbocycles. The zero-order valence-electron chi connectivity index (χ0n) is 16.3. The van der Waals surface area contributed by atoms with Gasteiger partial charge in [0.1, 0.15) is 0 Å². The predicted octanol–water partition coefficient (Wildman–Crippen LogP) is 2.16. The number of benzene rings is 2. The monoisotopic (exact) mass is 381 g/mol. The van der Waals surface area contributed by atoms with Crippen LogP contribution in [0.3, 0.4) is 0 Å². The van der Waals surface area contributed by atoms with Crippen LogP contribution in [0.25, 0.3) is 0 Å². The Morgan fingerprint density at radius 2 is 1.18 bits per heavy atom. The minimum Gasteiger partial charge on any atom is -0.326 e. The van der Waals surface area contributed by atoms with E-state index in [1.165, 1.54) is 13.8 Å². The lowest BCUT2D eigenvalue weighted by atomic mass is 10.2. The molecule has 7 heteroatoms. The van der Waals surface area contributed by atoms with Crippen LogP contribution >= 0.6 is 0 Å². The minimum absolute atomic E-state index is 0.0750. The van der Waals surface area contributed by atoms with Gasteiger partial charge in [0.15, 0.2) is 0 Å². The quantitative estimate of drug-likeness (QED) is 0.713. The number of rotatable bonds is 6. The first-order valence-electron chi connectivity index (χ1n) is 9.37. The smallest absolute Gasteiger partial charge is 0.221 e. The average molecular weight is 381 g/mol. The molecule has 0 aromatic heterocycles. The lowest BCUT2D eigenvalue weighted by molar-refractivity contribution is -0.115. The Bertz CT molecular complexity index is 750. The van der Waals surface area contributed by atoms with E-state index in [-0.39, 0.29) is 17.9 Å². The van der Waals surface area contributed by atoms with Crippen LogP contribution < -0.4 is 16.4 Å². The van der Waals surface area contributed by atoms with Crippen LogP contribution in [-0.2, 0) is 22.7 Å². The van der Waals surface area contributed by atoms with Crippen molar-refractivity contribution in [3.63, 3.8) is 0 Å². The van der Waals surface area contributed by atoms with Gasteiger partial charge in [0, 0.05) is 57.4 Å². The molecular weight excluding hydrogens is 354 g/mol. The molecule has 0 spiro atoms. The predicted molar refractivity (Wildman–Crippen MR) is 110 cm³/mol. The molecule has 0 unspecified atom stereocenters. The van der Waals surface area contributed by atoms with Gasteiger partial charge in [0.05, 0.1) is 0 Å². The van der Waals surface area contributed by atoms with Crippen molar-refractivity contribution in [2.24, 2.45) is 5.73 Å². The molecule has 1 aliphatic heterocycles. The van der Waals surface area contributed by atoms with Gasteiger partial charge < -0.3 is 16.4 Å². The van der Waals surface area contributed by atoms with Crippen LogP contribution in [0, 0.1) is 0 Å². The second-order valence-corrected chi connectivity index (χ2v) is 7.21. The van der Waals surface area contributed by atoms with Crippen LogP contribution in [0.4, 0.5) is 11.4 Å². The highest BCUT2D eigenvalue weighted by atomic mass is 16.2. The molecule has 7 nitrogen and oxygen atoms in total. The summed E-state index contributed by atoms with van der Waals surface area (Å²) in [7, 11) is 0. The molecule has 4 N–H and O–H groups in total. The minimum atomic E-state index is -0.0750. The molecule has 0 radical (unpaired) electrons. The fraction of sp³-hybridized carbons (Fsp3) is 0.333. The topological polar surface area (TPSA) is 90.7 Å². The van der Waals surface area contributed by atoms with Gasteiger partial charge in [-0.05, 0) is 35.4 Å². The second-order valence-electron chi connectivity index (χ2n) is 7.21. The van der Waals surface area contributed by atoms with Crippen molar-refractivity contribution in [1.29, 1.82) is 0 Å². The average Bonchev–Trinajstić information content (AvgIpc) is 2.96. The third-order valence-corrected chi connectivity index (χ3v) is 4.57. The molecular formula is C21H27N5O2. The van der Waals surface area contributed by atoms with Crippen LogP contribution in [0.15, 0.2) is 48.5 Å². The van der Waals surface area contributed by atoms with Crippen LogP contribution in [0.2, 0.25) is 0 Å². The zero-order chi connectivity index (χ0) is 20.1. The Kier molecular flexibility index (Phi) is 6.41. The molecule has 1 aliphatic rings. The molecule has 2 aromatic rings. The number of hydrazine groups is 1. The van der Waals surface area contributed by atoms with Gasteiger partial charge in [-0.1, -0.05) is 24.3 Å². The van der Waals surface area contributed by atoms with Crippen LogP contribution in [0.1, 0.15) is 25.0 Å². The van der Waals surface area contributed by atoms with E-state index in [4.69, 9.17) is 5.73 Å². The number of nitrogens with two attached hydrogens (primary N) is 1. The van der Waals surface area contributed by atoms with Crippen molar-refractivity contribution in [2.75, 3.05) is 23.7 Å². The third kappa shape index (κ3) is 5.63. The molecule has 1 saturated heterocycles. The Balaban J connectivity index is 1.62. The first-order chi connectivity index (χ1) is 13.4. The van der Waals surface area contributed by atoms with Gasteiger partial charge in [-0.15, -0.1) is 0 Å². The van der Waals surface area contributed by atoms with E-state index >= 15 is 0 Å². The number of nitrogens with one attached hydrogen (secondary N) is 2. The summed E-state index contributed by atoms with van der Waals surface area (Å²) in [5, 5.41) is 10.1. The van der Waals surface area contributed by atoms with Crippen molar-refractivity contribution < 1.29 is 9.59 Å². The van der Waals surface area contributed by atoms with Crippen molar-refractivity contribution >= 4 is 23.2 Å². The Morgan fingerprint density at radius 3 is 1.50 bits per heavy atom. The third-order valence-electron chi connectivity index (χ3n) is 4.57. The van der Waals surface area contributed by atoms with Gasteiger partial charge in [-0.3, -0.25) is 9.59 Å². The molecule has 0 atom stereocenters. The summed E-state index contributed by atoms with van der Waals surface area (Å²) in [5.74, 6) is -0.150. The molecule has 3 rings (SSSR count). The Hall–Kier alpha value is -2.74. The molecule has 0 bridgehead atoms. The van der Waals surface area contributed by atoms with Gasteiger partial charge in [-0.25, -0.2) is 10.0 Å². The fourth-order valence-electron chi connectivity index (χ4n) is 3.37. The number of nitrogens with zero attached hydrogens (tertiary/aromatic N) is 2. The lowest BCUT2D eigenvalue weighted by Gasteiger charge is -2.28. The molecule has 0 aliphatic carbocycles. The maximum Gasteiger partial charge on any atom is 0.221 e. The largest absolute Gasteiger partial charge is 0.326 e. The van der Waals surface area contributed by atoms with E-state index in [2.05, 4.69) is 20.7 Å². The van der Waals surface area contributed by atoms with Gasteiger partial charge >= 0.3 is 0 Å². The Labute approximate surface area is 165 Å². The zero-order valence-corrected chi connectivity index (χ0v) is 16.3. The van der Waals surface area contributed by atoms with Crippen LogP contribution in [-0.4, -0.2) is 41.0 Å². The molecule has 1 fully saturated rings. The summed E-state index contributed by atoms with van der Waals surface area (Å²) < 4.78 is 0. The van der Waals surface area contributed by atoms with Gasteiger partial charge in [0.2, 0.25) is 11.8 Å². The molecule has 148 valence electrons. The highest BCUT2D eigenvalue weighted by molar-refractivity contribution is 5.89.